The summed E-state index contributed by atoms with van der Waals surface area (Å²) in [4.78, 5) is 20.3. The number of nitro benzene ring substituents is 2. The molecular formula is C19H16F3N5O5. The fourth-order valence-corrected chi connectivity index (χ4v) is 3.16. The number of aromatic nitrogens is 1. The number of rotatable bonds is 7. The van der Waals surface area contributed by atoms with E-state index in [4.69, 9.17) is 0 Å². The highest BCUT2D eigenvalue weighted by atomic mass is 19.4. The lowest BCUT2D eigenvalue weighted by atomic mass is 10.1. The van der Waals surface area contributed by atoms with E-state index in [1.54, 1.807) is 28.8 Å². The molecule has 0 spiro atoms. The lowest BCUT2D eigenvalue weighted by Crippen LogP contribution is -2.07. The summed E-state index contributed by atoms with van der Waals surface area (Å²) in [7, 11) is 0. The van der Waals surface area contributed by atoms with Crippen molar-refractivity contribution in [1.29, 1.82) is 0 Å². The molecule has 0 radical (unpaired) electrons. The Bertz CT molecular complexity index is 1200. The number of nitrogens with zero attached hydrogens (tertiary/aromatic N) is 5. The number of halogens is 3. The molecule has 0 saturated carbocycles. The number of aryl methyl sites for hydroxylation is 1. The first kappa shape index (κ1) is 22.7. The van der Waals surface area contributed by atoms with Gasteiger partial charge in [-0.2, -0.15) is 13.2 Å². The summed E-state index contributed by atoms with van der Waals surface area (Å²) >= 11 is 0. The maximum Gasteiger partial charge on any atom is 0.416 e. The van der Waals surface area contributed by atoms with Gasteiger partial charge in [0.1, 0.15) is 0 Å². The molecule has 0 fully saturated rings. The molecule has 0 unspecified atom stereocenters. The van der Waals surface area contributed by atoms with Crippen molar-refractivity contribution in [2.45, 2.75) is 32.5 Å². The van der Waals surface area contributed by atoms with Gasteiger partial charge in [-0.25, -0.2) is 0 Å². The average Bonchev–Trinajstić information content (AvgIpc) is 2.99. The third kappa shape index (κ3) is 4.22. The van der Waals surface area contributed by atoms with Gasteiger partial charge in [-0.15, -0.1) is 10.2 Å². The molecule has 0 amide bonds. The molecule has 2 aromatic carbocycles. The number of fused-ring (bicyclic) bond motifs is 1. The van der Waals surface area contributed by atoms with E-state index in [0.717, 1.165) is 12.8 Å². The van der Waals surface area contributed by atoms with E-state index in [0.29, 0.717) is 17.4 Å². The molecule has 10 nitrogen and oxygen atoms in total. The number of alkyl halides is 3. The molecule has 3 aromatic rings. The SMILES string of the molecule is CCCCn1c(O)c(N=Nc2c([N+](=O)[O-])cc(C(F)(F)F)cc2[N+](=O)[O-])c2ccccc21. The van der Waals surface area contributed by atoms with Crippen molar-refractivity contribution in [2.24, 2.45) is 10.2 Å². The molecule has 1 aromatic heterocycles. The Morgan fingerprint density at radius 2 is 1.59 bits per heavy atom. The van der Waals surface area contributed by atoms with Crippen LogP contribution >= 0.6 is 0 Å². The predicted octanol–water partition coefficient (Wildman–Crippen LogP) is 6.40. The van der Waals surface area contributed by atoms with Crippen LogP contribution in [0.1, 0.15) is 25.3 Å². The van der Waals surface area contributed by atoms with Crippen molar-refractivity contribution >= 4 is 33.7 Å². The molecule has 0 saturated heterocycles. The molecule has 0 atom stereocenters. The number of aromatic hydroxyl groups is 1. The normalized spacial score (nSPS) is 12.0. The van der Waals surface area contributed by atoms with Gasteiger partial charge < -0.3 is 9.67 Å². The van der Waals surface area contributed by atoms with Gasteiger partial charge in [-0.3, -0.25) is 20.2 Å². The maximum atomic E-state index is 13.1. The molecule has 0 aliphatic heterocycles. The molecular weight excluding hydrogens is 435 g/mol. The fraction of sp³-hybridized carbons (Fsp3) is 0.263. The monoisotopic (exact) mass is 451 g/mol. The summed E-state index contributed by atoms with van der Waals surface area (Å²) < 4.78 is 40.7. The first-order valence-electron chi connectivity index (χ1n) is 9.32. The molecule has 168 valence electrons. The number of hydrogen-bond acceptors (Lipinski definition) is 7. The van der Waals surface area contributed by atoms with E-state index in [-0.39, 0.29) is 23.7 Å². The first-order valence-corrected chi connectivity index (χ1v) is 9.32. The number of nitro groups is 2. The summed E-state index contributed by atoms with van der Waals surface area (Å²) in [6.07, 6.45) is -3.50. The van der Waals surface area contributed by atoms with Crippen LogP contribution in [0.5, 0.6) is 5.88 Å². The van der Waals surface area contributed by atoms with Gasteiger partial charge in [0.2, 0.25) is 11.6 Å². The lowest BCUT2D eigenvalue weighted by molar-refractivity contribution is -0.393. The zero-order chi connectivity index (χ0) is 23.6. The second-order valence-corrected chi connectivity index (χ2v) is 6.77. The minimum atomic E-state index is -5.05. The smallest absolute Gasteiger partial charge is 0.416 e. The third-order valence-corrected chi connectivity index (χ3v) is 4.69. The Labute approximate surface area is 177 Å². The van der Waals surface area contributed by atoms with E-state index in [1.807, 2.05) is 6.92 Å². The van der Waals surface area contributed by atoms with E-state index in [1.165, 1.54) is 0 Å². The Balaban J connectivity index is 2.22. The molecule has 0 bridgehead atoms. The average molecular weight is 451 g/mol. The lowest BCUT2D eigenvalue weighted by Gasteiger charge is -2.07. The molecule has 1 heterocycles. The largest absolute Gasteiger partial charge is 0.493 e. The minimum Gasteiger partial charge on any atom is -0.493 e. The third-order valence-electron chi connectivity index (χ3n) is 4.69. The molecule has 3 rings (SSSR count). The molecule has 1 N–H and O–H groups in total. The first-order chi connectivity index (χ1) is 15.1. The van der Waals surface area contributed by atoms with Crippen molar-refractivity contribution in [1.82, 2.24) is 4.57 Å². The van der Waals surface area contributed by atoms with Crippen molar-refractivity contribution in [3.05, 3.63) is 62.2 Å². The van der Waals surface area contributed by atoms with Gasteiger partial charge in [0.15, 0.2) is 5.69 Å². The molecule has 32 heavy (non-hydrogen) atoms. The Hall–Kier alpha value is -4.03. The summed E-state index contributed by atoms with van der Waals surface area (Å²) in [5.74, 6) is -0.319. The van der Waals surface area contributed by atoms with Crippen molar-refractivity contribution < 1.29 is 28.1 Å². The van der Waals surface area contributed by atoms with Gasteiger partial charge >= 0.3 is 17.6 Å². The van der Waals surface area contributed by atoms with Crippen molar-refractivity contribution in [3.63, 3.8) is 0 Å². The number of unbranched alkanes of at least 4 members (excludes halogenated alkanes) is 1. The van der Waals surface area contributed by atoms with Crippen LogP contribution in [0.2, 0.25) is 0 Å². The van der Waals surface area contributed by atoms with Gasteiger partial charge in [0.25, 0.3) is 0 Å². The molecule has 13 heteroatoms. The van der Waals surface area contributed by atoms with Crippen LogP contribution in [-0.4, -0.2) is 19.5 Å². The van der Waals surface area contributed by atoms with Crippen LogP contribution in [0, 0.1) is 20.2 Å². The van der Waals surface area contributed by atoms with Crippen LogP contribution in [0.4, 0.5) is 35.9 Å². The number of para-hydroxylation sites is 1. The Morgan fingerprint density at radius 1 is 1.03 bits per heavy atom. The van der Waals surface area contributed by atoms with Crippen molar-refractivity contribution in [3.8, 4) is 5.88 Å². The highest BCUT2D eigenvalue weighted by Crippen LogP contribution is 2.45. The Morgan fingerprint density at radius 3 is 2.12 bits per heavy atom. The fourth-order valence-electron chi connectivity index (χ4n) is 3.16. The zero-order valence-electron chi connectivity index (χ0n) is 16.5. The number of azo groups is 1. The summed E-state index contributed by atoms with van der Waals surface area (Å²) in [6.45, 7) is 2.38. The van der Waals surface area contributed by atoms with Gasteiger partial charge in [-0.1, -0.05) is 31.5 Å². The van der Waals surface area contributed by atoms with Crippen molar-refractivity contribution in [2.75, 3.05) is 0 Å². The standard InChI is InChI=1S/C19H16F3N5O5/c1-2-3-8-25-13-7-5-4-6-12(13)16(18(25)28)23-24-17-14(26(29)30)9-11(19(20,21)22)10-15(17)27(31)32/h4-7,9-10,28H,2-3,8H2,1H3. The molecule has 0 aliphatic rings. The second kappa shape index (κ2) is 8.61. The van der Waals surface area contributed by atoms with E-state index < -0.39 is 38.6 Å². The van der Waals surface area contributed by atoms with E-state index in [9.17, 15) is 38.5 Å². The van der Waals surface area contributed by atoms with Gasteiger partial charge in [0.05, 0.1) is 20.9 Å². The van der Waals surface area contributed by atoms with E-state index >= 15 is 0 Å². The Kier molecular flexibility index (Phi) is 6.09. The predicted molar refractivity (Wildman–Crippen MR) is 107 cm³/mol. The van der Waals surface area contributed by atoms with Crippen LogP contribution in [0.15, 0.2) is 46.6 Å². The number of benzene rings is 2. The highest BCUT2D eigenvalue weighted by Gasteiger charge is 2.38. The van der Waals surface area contributed by atoms with Crippen LogP contribution in [-0.2, 0) is 12.7 Å². The van der Waals surface area contributed by atoms with Gasteiger partial charge in [-0.05, 0) is 12.5 Å². The number of hydrogen-bond donors (Lipinski definition) is 1. The summed E-state index contributed by atoms with van der Waals surface area (Å²) in [5, 5.41) is 41.1. The summed E-state index contributed by atoms with van der Waals surface area (Å²) in [6, 6.07) is 6.98. The van der Waals surface area contributed by atoms with Crippen LogP contribution < -0.4 is 0 Å². The van der Waals surface area contributed by atoms with Crippen LogP contribution in [0.3, 0.4) is 0 Å². The van der Waals surface area contributed by atoms with Crippen LogP contribution in [0.25, 0.3) is 10.9 Å². The minimum absolute atomic E-state index is 0.111. The quantitative estimate of drug-likeness (QED) is 0.252. The highest BCUT2D eigenvalue weighted by molar-refractivity contribution is 5.95. The topological polar surface area (TPSA) is 136 Å². The summed E-state index contributed by atoms with van der Waals surface area (Å²) in [5.41, 5.74) is -4.51. The zero-order valence-corrected chi connectivity index (χ0v) is 16.5. The van der Waals surface area contributed by atoms with Gasteiger partial charge in [0, 0.05) is 24.1 Å². The molecule has 0 aliphatic carbocycles. The van der Waals surface area contributed by atoms with E-state index in [2.05, 4.69) is 10.2 Å². The second-order valence-electron chi connectivity index (χ2n) is 6.77. The maximum absolute atomic E-state index is 13.1.